The number of aromatic amines is 1. The number of hydrogen-bond donors (Lipinski definition) is 1. The molecule has 3 rings (SSSR count). The van der Waals surface area contributed by atoms with Gasteiger partial charge in [0.05, 0.1) is 10.1 Å². The van der Waals surface area contributed by atoms with Crippen LogP contribution in [0.4, 0.5) is 0 Å². The molecule has 15 heavy (non-hydrogen) atoms. The molecule has 4 heteroatoms. The Labute approximate surface area is 91.5 Å². The van der Waals surface area contributed by atoms with E-state index in [1.54, 1.807) is 0 Å². The van der Waals surface area contributed by atoms with Crippen LogP contribution in [0.25, 0.3) is 10.1 Å². The number of fused-ring (bicyclic) bond motifs is 1. The summed E-state index contributed by atoms with van der Waals surface area (Å²) in [5.41, 5.74) is 1.34. The molecule has 1 aromatic heterocycles. The third-order valence-electron chi connectivity index (χ3n) is 2.90. The number of nitrogens with one attached hydrogen (secondary N) is 1. The van der Waals surface area contributed by atoms with Crippen LogP contribution >= 0.6 is 11.5 Å². The predicted octanol–water partition coefficient (Wildman–Crippen LogP) is 1.80. The molecule has 1 aliphatic rings. The lowest BCUT2D eigenvalue weighted by atomic mass is 10.1. The molecule has 0 saturated carbocycles. The predicted molar refractivity (Wildman–Crippen MR) is 62.3 cm³/mol. The molecule has 1 aromatic carbocycles. The van der Waals surface area contributed by atoms with Gasteiger partial charge in [-0.1, -0.05) is 17.6 Å². The summed E-state index contributed by atoms with van der Waals surface area (Å²) in [5, 5.41) is 0.812. The molecule has 2 aromatic rings. The zero-order valence-corrected chi connectivity index (χ0v) is 9.14. The first-order chi connectivity index (χ1) is 7.33. The molecule has 0 atom stereocenters. The van der Waals surface area contributed by atoms with E-state index in [1.807, 2.05) is 6.07 Å². The van der Waals surface area contributed by atoms with E-state index >= 15 is 0 Å². The molecular formula is C11H12N2OS. The summed E-state index contributed by atoms with van der Waals surface area (Å²) in [5.74, 6) is 0. The Hall–Kier alpha value is -1.13. The van der Waals surface area contributed by atoms with E-state index in [1.165, 1.54) is 36.6 Å². The summed E-state index contributed by atoms with van der Waals surface area (Å²) in [6, 6.07) is 6.11. The van der Waals surface area contributed by atoms with Crippen LogP contribution in [-0.4, -0.2) is 22.4 Å². The normalized spacial score (nSPS) is 16.8. The van der Waals surface area contributed by atoms with E-state index in [2.05, 4.69) is 21.4 Å². The van der Waals surface area contributed by atoms with Gasteiger partial charge in [-0.3, -0.25) is 14.1 Å². The van der Waals surface area contributed by atoms with Crippen molar-refractivity contribution >= 4 is 21.6 Å². The highest BCUT2D eigenvalue weighted by atomic mass is 32.1. The van der Waals surface area contributed by atoms with E-state index in [0.717, 1.165) is 16.6 Å². The van der Waals surface area contributed by atoms with Crippen LogP contribution in [0.3, 0.4) is 0 Å². The van der Waals surface area contributed by atoms with Crippen molar-refractivity contribution in [2.24, 2.45) is 0 Å². The van der Waals surface area contributed by atoms with Gasteiger partial charge in [-0.25, -0.2) is 0 Å². The number of nitrogens with zero attached hydrogens (tertiary/aromatic N) is 1. The zero-order valence-electron chi connectivity index (χ0n) is 8.32. The van der Waals surface area contributed by atoms with Gasteiger partial charge in [0, 0.05) is 6.54 Å². The Bertz CT molecular complexity index is 539. The first-order valence-electron chi connectivity index (χ1n) is 5.15. The molecule has 1 aliphatic heterocycles. The second kappa shape index (κ2) is 3.47. The van der Waals surface area contributed by atoms with Gasteiger partial charge in [0.1, 0.15) is 0 Å². The average molecular weight is 220 g/mol. The van der Waals surface area contributed by atoms with E-state index < -0.39 is 0 Å². The highest BCUT2D eigenvalue weighted by Crippen LogP contribution is 2.19. The number of aromatic nitrogens is 1. The molecule has 0 aliphatic carbocycles. The smallest absolute Gasteiger partial charge is 0.265 e. The van der Waals surface area contributed by atoms with Gasteiger partial charge in [-0.2, -0.15) is 0 Å². The number of benzene rings is 1. The third kappa shape index (κ3) is 1.60. The molecule has 0 amide bonds. The Morgan fingerprint density at radius 3 is 3.00 bits per heavy atom. The second-order valence-corrected chi connectivity index (χ2v) is 4.84. The summed E-state index contributed by atoms with van der Waals surface area (Å²) in [7, 11) is 0. The monoisotopic (exact) mass is 220 g/mol. The van der Waals surface area contributed by atoms with E-state index in [0.29, 0.717) is 0 Å². The van der Waals surface area contributed by atoms with Gasteiger partial charge in [-0.05, 0) is 37.2 Å². The van der Waals surface area contributed by atoms with Crippen LogP contribution in [0.1, 0.15) is 12.0 Å². The fourth-order valence-corrected chi connectivity index (χ4v) is 2.69. The third-order valence-corrected chi connectivity index (χ3v) is 3.74. The van der Waals surface area contributed by atoms with Crippen molar-refractivity contribution in [1.29, 1.82) is 0 Å². The lowest BCUT2D eigenvalue weighted by Crippen LogP contribution is -2.36. The Balaban J connectivity index is 1.95. The molecule has 1 fully saturated rings. The molecule has 0 unspecified atom stereocenters. The maximum absolute atomic E-state index is 11.3. The largest absolute Gasteiger partial charge is 0.299 e. The molecule has 0 bridgehead atoms. The van der Waals surface area contributed by atoms with Crippen molar-refractivity contribution in [2.45, 2.75) is 13.0 Å². The van der Waals surface area contributed by atoms with Gasteiger partial charge in [0.25, 0.3) is 5.56 Å². The zero-order chi connectivity index (χ0) is 10.3. The van der Waals surface area contributed by atoms with Crippen LogP contribution < -0.4 is 5.56 Å². The maximum Gasteiger partial charge on any atom is 0.265 e. The van der Waals surface area contributed by atoms with Crippen LogP contribution in [-0.2, 0) is 6.54 Å². The highest BCUT2D eigenvalue weighted by Gasteiger charge is 2.14. The van der Waals surface area contributed by atoms with Crippen molar-refractivity contribution in [3.05, 3.63) is 34.1 Å². The second-order valence-electron chi connectivity index (χ2n) is 3.99. The Kier molecular flexibility index (Phi) is 2.11. The number of likely N-dealkylation sites (tertiary alicyclic amines) is 1. The number of hydrogen-bond acceptors (Lipinski definition) is 3. The van der Waals surface area contributed by atoms with Gasteiger partial charge >= 0.3 is 0 Å². The first kappa shape index (κ1) is 9.12. The minimum Gasteiger partial charge on any atom is -0.299 e. The van der Waals surface area contributed by atoms with Crippen LogP contribution in [0, 0.1) is 0 Å². The number of rotatable bonds is 2. The molecule has 0 radical (unpaired) electrons. The Morgan fingerprint density at radius 2 is 2.27 bits per heavy atom. The van der Waals surface area contributed by atoms with Crippen LogP contribution in [0.5, 0.6) is 0 Å². The van der Waals surface area contributed by atoms with E-state index in [-0.39, 0.29) is 5.56 Å². The summed E-state index contributed by atoms with van der Waals surface area (Å²) >= 11 is 1.42. The molecule has 0 spiro atoms. The number of H-pyrrole nitrogens is 1. The summed E-state index contributed by atoms with van der Waals surface area (Å²) in [6.45, 7) is 3.44. The topological polar surface area (TPSA) is 36.1 Å². The molecule has 1 saturated heterocycles. The van der Waals surface area contributed by atoms with Gasteiger partial charge in [0.2, 0.25) is 0 Å². The van der Waals surface area contributed by atoms with Crippen LogP contribution in [0.15, 0.2) is 23.0 Å². The standard InChI is InChI=1S/C11H12N2OS/c14-11-9-3-2-8(6-10(9)15-12-11)7-13-4-1-5-13/h2-3,6H,1,4-5,7H2,(H,12,14). The van der Waals surface area contributed by atoms with Crippen molar-refractivity contribution < 1.29 is 0 Å². The van der Waals surface area contributed by atoms with Crippen LogP contribution in [0.2, 0.25) is 0 Å². The van der Waals surface area contributed by atoms with Crippen molar-refractivity contribution in [3.8, 4) is 0 Å². The van der Waals surface area contributed by atoms with E-state index in [4.69, 9.17) is 0 Å². The van der Waals surface area contributed by atoms with Gasteiger partial charge in [-0.15, -0.1) is 0 Å². The SMILES string of the molecule is O=c1[nH]sc2cc(CN3CCC3)ccc12. The van der Waals surface area contributed by atoms with Gasteiger partial charge in [0.15, 0.2) is 0 Å². The lowest BCUT2D eigenvalue weighted by molar-refractivity contribution is 0.172. The fourth-order valence-electron chi connectivity index (χ4n) is 1.89. The quantitative estimate of drug-likeness (QED) is 0.837. The van der Waals surface area contributed by atoms with Gasteiger partial charge < -0.3 is 0 Å². The summed E-state index contributed by atoms with van der Waals surface area (Å²) in [4.78, 5) is 13.7. The summed E-state index contributed by atoms with van der Waals surface area (Å²) in [6.07, 6.45) is 1.32. The molecule has 3 nitrogen and oxygen atoms in total. The van der Waals surface area contributed by atoms with Crippen molar-refractivity contribution in [1.82, 2.24) is 9.27 Å². The minimum atomic E-state index is 0.0329. The van der Waals surface area contributed by atoms with E-state index in [9.17, 15) is 4.79 Å². The lowest BCUT2D eigenvalue weighted by Gasteiger charge is -2.30. The molecule has 2 heterocycles. The fraction of sp³-hybridized carbons (Fsp3) is 0.364. The molecule has 78 valence electrons. The molecular weight excluding hydrogens is 208 g/mol. The maximum atomic E-state index is 11.3. The highest BCUT2D eigenvalue weighted by molar-refractivity contribution is 7.13. The Morgan fingerprint density at radius 1 is 1.40 bits per heavy atom. The first-order valence-corrected chi connectivity index (χ1v) is 5.97. The summed E-state index contributed by atoms with van der Waals surface area (Å²) < 4.78 is 3.83. The minimum absolute atomic E-state index is 0.0329. The average Bonchev–Trinajstić information content (AvgIpc) is 2.54. The van der Waals surface area contributed by atoms with Crippen molar-refractivity contribution in [3.63, 3.8) is 0 Å². The van der Waals surface area contributed by atoms with Crippen molar-refractivity contribution in [2.75, 3.05) is 13.1 Å². The molecule has 1 N–H and O–H groups in total.